The first-order chi connectivity index (χ1) is 6.27. The molecule has 0 rings (SSSR count). The van der Waals surface area contributed by atoms with Gasteiger partial charge in [0, 0.05) is 18.8 Å². The first kappa shape index (κ1) is 12.8. The lowest BCUT2D eigenvalue weighted by Crippen LogP contribution is -2.23. The summed E-state index contributed by atoms with van der Waals surface area (Å²) in [7, 11) is 0. The van der Waals surface area contributed by atoms with Crippen molar-refractivity contribution < 1.29 is 4.74 Å². The molecule has 0 amide bonds. The minimum atomic E-state index is 0.331. The summed E-state index contributed by atoms with van der Waals surface area (Å²) in [6.07, 6.45) is 5.44. The van der Waals surface area contributed by atoms with Gasteiger partial charge in [-0.3, -0.25) is 0 Å². The number of ether oxygens (including phenoxy) is 1. The van der Waals surface area contributed by atoms with E-state index in [0.717, 1.165) is 31.2 Å². The molecule has 0 bridgehead atoms. The number of nitrogens with one attached hydrogen (secondary N) is 1. The van der Waals surface area contributed by atoms with Crippen LogP contribution in [0.4, 0.5) is 0 Å². The minimum absolute atomic E-state index is 0.331. The highest BCUT2D eigenvalue weighted by molar-refractivity contribution is 7.99. The molecule has 0 spiro atoms. The van der Waals surface area contributed by atoms with E-state index in [0.29, 0.717) is 6.10 Å². The zero-order valence-corrected chi connectivity index (χ0v) is 9.32. The largest absolute Gasteiger partial charge is 0.377 e. The van der Waals surface area contributed by atoms with Crippen molar-refractivity contribution in [3.8, 4) is 12.3 Å². The summed E-state index contributed by atoms with van der Waals surface area (Å²) in [4.78, 5) is 0. The first-order valence-electron chi connectivity index (χ1n) is 4.61. The second-order valence-electron chi connectivity index (χ2n) is 2.93. The molecule has 0 radical (unpaired) electrons. The van der Waals surface area contributed by atoms with E-state index in [4.69, 9.17) is 11.2 Å². The molecule has 0 aromatic rings. The van der Waals surface area contributed by atoms with Gasteiger partial charge in [0.25, 0.3) is 0 Å². The molecule has 0 saturated heterocycles. The number of thioether (sulfide) groups is 1. The van der Waals surface area contributed by atoms with Crippen LogP contribution in [0.2, 0.25) is 0 Å². The van der Waals surface area contributed by atoms with Crippen molar-refractivity contribution >= 4 is 11.8 Å². The van der Waals surface area contributed by atoms with Crippen molar-refractivity contribution in [1.29, 1.82) is 0 Å². The summed E-state index contributed by atoms with van der Waals surface area (Å²) in [5, 5.41) is 3.29. The smallest absolute Gasteiger partial charge is 0.0594 e. The van der Waals surface area contributed by atoms with Crippen LogP contribution in [-0.2, 0) is 4.74 Å². The molecule has 0 aliphatic carbocycles. The Hall–Kier alpha value is -0.170. The highest BCUT2D eigenvalue weighted by Gasteiger charge is 1.92. The monoisotopic (exact) mass is 201 g/mol. The Labute approximate surface area is 85.8 Å². The van der Waals surface area contributed by atoms with Crippen molar-refractivity contribution in [2.75, 3.05) is 31.2 Å². The van der Waals surface area contributed by atoms with E-state index in [2.05, 4.69) is 11.2 Å². The predicted molar refractivity (Wildman–Crippen MR) is 60.1 cm³/mol. The number of terminal acetylenes is 1. The Balaban J connectivity index is 2.88. The van der Waals surface area contributed by atoms with Crippen LogP contribution < -0.4 is 5.32 Å². The fourth-order valence-corrected chi connectivity index (χ4v) is 1.32. The molecule has 0 aliphatic heterocycles. The van der Waals surface area contributed by atoms with Crippen LogP contribution in [0.3, 0.4) is 0 Å². The molecule has 0 atom stereocenters. The highest BCUT2D eigenvalue weighted by Crippen LogP contribution is 1.94. The summed E-state index contributed by atoms with van der Waals surface area (Å²) in [5.41, 5.74) is 0. The van der Waals surface area contributed by atoms with Gasteiger partial charge in [-0.2, -0.15) is 0 Å². The lowest BCUT2D eigenvalue weighted by atomic mass is 10.5. The summed E-state index contributed by atoms with van der Waals surface area (Å²) in [5.74, 6) is 4.48. The van der Waals surface area contributed by atoms with E-state index in [1.54, 1.807) is 11.8 Å². The van der Waals surface area contributed by atoms with Gasteiger partial charge in [0.05, 0.1) is 18.5 Å². The molecule has 0 aliphatic rings. The molecule has 13 heavy (non-hydrogen) atoms. The molecular formula is C10H19NOS. The Morgan fingerprint density at radius 1 is 1.46 bits per heavy atom. The maximum atomic E-state index is 5.37. The van der Waals surface area contributed by atoms with Crippen LogP contribution in [0, 0.1) is 12.3 Å². The quantitative estimate of drug-likeness (QED) is 0.473. The van der Waals surface area contributed by atoms with Crippen molar-refractivity contribution in [3.05, 3.63) is 0 Å². The van der Waals surface area contributed by atoms with Gasteiger partial charge in [0.15, 0.2) is 0 Å². The normalized spacial score (nSPS) is 10.3. The summed E-state index contributed by atoms with van der Waals surface area (Å²) < 4.78 is 5.37. The van der Waals surface area contributed by atoms with Gasteiger partial charge in [0.2, 0.25) is 0 Å². The zero-order valence-electron chi connectivity index (χ0n) is 8.51. The zero-order chi connectivity index (χ0) is 9.94. The molecule has 0 saturated carbocycles. The molecule has 0 aromatic carbocycles. The van der Waals surface area contributed by atoms with E-state index in [9.17, 15) is 0 Å². The summed E-state index contributed by atoms with van der Waals surface area (Å²) in [6.45, 7) is 6.81. The fraction of sp³-hybridized carbons (Fsp3) is 0.800. The standard InChI is InChI=1S/C10H19NOS/c1-4-8-13-9-6-11-5-7-12-10(2)3/h1,10-11H,5-9H2,2-3H3. The van der Waals surface area contributed by atoms with E-state index in [-0.39, 0.29) is 0 Å². The average Bonchev–Trinajstić information content (AvgIpc) is 2.09. The third-order valence-corrected chi connectivity index (χ3v) is 2.20. The van der Waals surface area contributed by atoms with Crippen molar-refractivity contribution in [2.24, 2.45) is 0 Å². The van der Waals surface area contributed by atoms with Gasteiger partial charge in [-0.25, -0.2) is 0 Å². The van der Waals surface area contributed by atoms with Gasteiger partial charge >= 0.3 is 0 Å². The summed E-state index contributed by atoms with van der Waals surface area (Å²) in [6, 6.07) is 0. The number of hydrogen-bond donors (Lipinski definition) is 1. The first-order valence-corrected chi connectivity index (χ1v) is 5.76. The molecular weight excluding hydrogens is 182 g/mol. The Morgan fingerprint density at radius 2 is 2.23 bits per heavy atom. The molecule has 76 valence electrons. The molecule has 0 unspecified atom stereocenters. The topological polar surface area (TPSA) is 21.3 Å². The van der Waals surface area contributed by atoms with Gasteiger partial charge < -0.3 is 10.1 Å². The SMILES string of the molecule is C#CCSCCNCCOC(C)C. The Kier molecular flexibility index (Phi) is 9.78. The average molecular weight is 201 g/mol. The summed E-state index contributed by atoms with van der Waals surface area (Å²) >= 11 is 1.78. The molecule has 0 fully saturated rings. The van der Waals surface area contributed by atoms with Crippen LogP contribution in [0.1, 0.15) is 13.8 Å². The van der Waals surface area contributed by atoms with Crippen LogP contribution in [0.25, 0.3) is 0 Å². The van der Waals surface area contributed by atoms with Crippen LogP contribution in [-0.4, -0.2) is 37.3 Å². The second kappa shape index (κ2) is 9.91. The molecule has 0 aromatic heterocycles. The van der Waals surface area contributed by atoms with E-state index in [1.165, 1.54) is 0 Å². The van der Waals surface area contributed by atoms with E-state index in [1.807, 2.05) is 13.8 Å². The molecule has 3 heteroatoms. The van der Waals surface area contributed by atoms with Crippen LogP contribution in [0.15, 0.2) is 0 Å². The van der Waals surface area contributed by atoms with Gasteiger partial charge in [-0.05, 0) is 13.8 Å². The van der Waals surface area contributed by atoms with E-state index >= 15 is 0 Å². The maximum Gasteiger partial charge on any atom is 0.0594 e. The molecule has 1 N–H and O–H groups in total. The van der Waals surface area contributed by atoms with Crippen molar-refractivity contribution in [1.82, 2.24) is 5.32 Å². The van der Waals surface area contributed by atoms with Crippen molar-refractivity contribution in [2.45, 2.75) is 20.0 Å². The molecule has 0 heterocycles. The van der Waals surface area contributed by atoms with Crippen molar-refractivity contribution in [3.63, 3.8) is 0 Å². The lowest BCUT2D eigenvalue weighted by molar-refractivity contribution is 0.0812. The van der Waals surface area contributed by atoms with Gasteiger partial charge in [-0.15, -0.1) is 18.2 Å². The Morgan fingerprint density at radius 3 is 2.85 bits per heavy atom. The second-order valence-corrected chi connectivity index (χ2v) is 4.03. The Bertz CT molecular complexity index is 142. The third kappa shape index (κ3) is 11.8. The van der Waals surface area contributed by atoms with Gasteiger partial charge in [-0.1, -0.05) is 5.92 Å². The predicted octanol–water partition coefficient (Wildman–Crippen LogP) is 1.37. The number of hydrogen-bond acceptors (Lipinski definition) is 3. The van der Waals surface area contributed by atoms with Crippen LogP contribution in [0.5, 0.6) is 0 Å². The molecule has 2 nitrogen and oxygen atoms in total. The maximum absolute atomic E-state index is 5.37. The fourth-order valence-electron chi connectivity index (χ4n) is 0.767. The van der Waals surface area contributed by atoms with Gasteiger partial charge in [0.1, 0.15) is 0 Å². The van der Waals surface area contributed by atoms with E-state index < -0.39 is 0 Å². The number of rotatable bonds is 8. The minimum Gasteiger partial charge on any atom is -0.377 e. The third-order valence-electron chi connectivity index (χ3n) is 1.34. The van der Waals surface area contributed by atoms with Crippen LogP contribution >= 0.6 is 11.8 Å². The highest BCUT2D eigenvalue weighted by atomic mass is 32.2. The lowest BCUT2D eigenvalue weighted by Gasteiger charge is -2.07.